The van der Waals surface area contributed by atoms with E-state index < -0.39 is 11.8 Å². The molecule has 2 N–H and O–H groups in total. The lowest BCUT2D eigenvalue weighted by atomic mass is 10.2. The summed E-state index contributed by atoms with van der Waals surface area (Å²) < 4.78 is 6.85. The molecule has 0 atom stereocenters. The molecule has 2 aromatic rings. The van der Waals surface area contributed by atoms with Gasteiger partial charge < -0.3 is 14.6 Å². The van der Waals surface area contributed by atoms with Crippen molar-refractivity contribution in [2.45, 2.75) is 13.8 Å². The van der Waals surface area contributed by atoms with Crippen molar-refractivity contribution < 1.29 is 14.3 Å². The Bertz CT molecular complexity index is 813. The van der Waals surface area contributed by atoms with Crippen LogP contribution >= 0.6 is 11.6 Å². The number of carbonyl (C=O) groups is 2. The fourth-order valence-electron chi connectivity index (χ4n) is 2.46. The fourth-order valence-corrected chi connectivity index (χ4v) is 2.59. The highest BCUT2D eigenvalue weighted by Crippen LogP contribution is 2.21. The number of hydrazone groups is 1. The van der Waals surface area contributed by atoms with E-state index in [1.165, 1.54) is 13.3 Å². The van der Waals surface area contributed by atoms with Gasteiger partial charge in [0.2, 0.25) is 0 Å². The number of hydrogen-bond donors (Lipinski definition) is 2. The van der Waals surface area contributed by atoms with Crippen molar-refractivity contribution in [1.29, 1.82) is 0 Å². The Morgan fingerprint density at radius 1 is 1.23 bits per heavy atom. The Hall–Kier alpha value is -2.64. The third-order valence-electron chi connectivity index (χ3n) is 3.72. The Balaban J connectivity index is 2.05. The van der Waals surface area contributed by atoms with Gasteiger partial charge in [-0.2, -0.15) is 5.10 Å². The Morgan fingerprint density at radius 2 is 1.92 bits per heavy atom. The third-order valence-corrected chi connectivity index (χ3v) is 3.97. The molecule has 138 valence electrons. The largest absolute Gasteiger partial charge is 0.383 e. The molecule has 0 saturated carbocycles. The minimum atomic E-state index is -0.830. The summed E-state index contributed by atoms with van der Waals surface area (Å²) in [7, 11) is 1.51. The monoisotopic (exact) mass is 376 g/mol. The van der Waals surface area contributed by atoms with Gasteiger partial charge in [-0.15, -0.1) is 0 Å². The van der Waals surface area contributed by atoms with E-state index in [1.54, 1.807) is 0 Å². The van der Waals surface area contributed by atoms with Crippen LogP contribution in [0.15, 0.2) is 35.4 Å². The van der Waals surface area contributed by atoms with Gasteiger partial charge in [0.25, 0.3) is 0 Å². The SMILES string of the molecule is COCCNC(=O)C(=O)N/N=C\c1cc(C)n(-c2ccc(Cl)cc2)c1C. The van der Waals surface area contributed by atoms with Gasteiger partial charge in [-0.3, -0.25) is 9.59 Å². The van der Waals surface area contributed by atoms with Crippen molar-refractivity contribution in [3.05, 3.63) is 52.3 Å². The normalized spacial score (nSPS) is 10.9. The summed E-state index contributed by atoms with van der Waals surface area (Å²) in [6.07, 6.45) is 1.51. The first-order valence-electron chi connectivity index (χ1n) is 7.99. The lowest BCUT2D eigenvalue weighted by Gasteiger charge is -2.09. The van der Waals surface area contributed by atoms with Crippen LogP contribution in [0.4, 0.5) is 0 Å². The molecular weight excluding hydrogens is 356 g/mol. The molecule has 1 aromatic carbocycles. The average Bonchev–Trinajstić information content (AvgIpc) is 2.89. The second-order valence-electron chi connectivity index (χ2n) is 5.59. The van der Waals surface area contributed by atoms with Crippen LogP contribution in [-0.4, -0.2) is 42.9 Å². The molecule has 2 amide bonds. The highest BCUT2D eigenvalue weighted by molar-refractivity contribution is 6.35. The zero-order valence-electron chi connectivity index (χ0n) is 14.9. The molecule has 7 nitrogen and oxygen atoms in total. The van der Waals surface area contributed by atoms with E-state index in [2.05, 4.69) is 20.4 Å². The van der Waals surface area contributed by atoms with Crippen LogP contribution in [0.3, 0.4) is 0 Å². The molecule has 0 unspecified atom stereocenters. The van der Waals surface area contributed by atoms with Crippen LogP contribution in [0.5, 0.6) is 0 Å². The maximum Gasteiger partial charge on any atom is 0.329 e. The number of halogens is 1. The highest BCUT2D eigenvalue weighted by atomic mass is 35.5. The van der Waals surface area contributed by atoms with Crippen molar-refractivity contribution in [1.82, 2.24) is 15.3 Å². The quantitative estimate of drug-likeness (QED) is 0.350. The van der Waals surface area contributed by atoms with E-state index in [4.69, 9.17) is 16.3 Å². The number of amides is 2. The summed E-state index contributed by atoms with van der Waals surface area (Å²) in [5.74, 6) is -1.59. The first-order valence-corrected chi connectivity index (χ1v) is 8.37. The van der Waals surface area contributed by atoms with Gasteiger partial charge in [0.05, 0.1) is 12.8 Å². The number of benzene rings is 1. The predicted molar refractivity (Wildman–Crippen MR) is 101 cm³/mol. The molecular formula is C18H21ClN4O3. The molecule has 1 aromatic heterocycles. The molecule has 0 aliphatic rings. The van der Waals surface area contributed by atoms with E-state index in [1.807, 2.05) is 44.2 Å². The number of aromatic nitrogens is 1. The maximum atomic E-state index is 11.6. The van der Waals surface area contributed by atoms with Crippen LogP contribution in [0.2, 0.25) is 5.02 Å². The van der Waals surface area contributed by atoms with Gasteiger partial charge in [0.1, 0.15) is 0 Å². The Kier molecular flexibility index (Phi) is 6.94. The lowest BCUT2D eigenvalue weighted by molar-refractivity contribution is -0.139. The van der Waals surface area contributed by atoms with E-state index in [0.29, 0.717) is 11.6 Å². The van der Waals surface area contributed by atoms with Crippen molar-refractivity contribution in [2.24, 2.45) is 5.10 Å². The van der Waals surface area contributed by atoms with Crippen LogP contribution in [-0.2, 0) is 14.3 Å². The molecule has 0 aliphatic carbocycles. The maximum absolute atomic E-state index is 11.6. The van der Waals surface area contributed by atoms with Gasteiger partial charge in [0, 0.05) is 41.3 Å². The first kappa shape index (κ1) is 19.7. The van der Waals surface area contributed by atoms with E-state index in [9.17, 15) is 9.59 Å². The number of rotatable bonds is 6. The molecule has 0 bridgehead atoms. The van der Waals surface area contributed by atoms with Gasteiger partial charge in [-0.1, -0.05) is 11.6 Å². The van der Waals surface area contributed by atoms with Gasteiger partial charge in [-0.05, 0) is 44.2 Å². The molecule has 1 heterocycles. The molecule has 2 rings (SSSR count). The third kappa shape index (κ3) is 4.93. The fraction of sp³-hybridized carbons (Fsp3) is 0.278. The van der Waals surface area contributed by atoms with Crippen molar-refractivity contribution >= 4 is 29.6 Å². The van der Waals surface area contributed by atoms with Crippen molar-refractivity contribution in [3.63, 3.8) is 0 Å². The van der Waals surface area contributed by atoms with Crippen molar-refractivity contribution in [2.75, 3.05) is 20.3 Å². The number of methoxy groups -OCH3 is 1. The molecule has 0 aliphatic heterocycles. The second-order valence-corrected chi connectivity index (χ2v) is 6.02. The summed E-state index contributed by atoms with van der Waals surface area (Å²) in [6, 6.07) is 9.45. The van der Waals surface area contributed by atoms with E-state index in [0.717, 1.165) is 22.6 Å². The number of ether oxygens (including phenoxy) is 1. The average molecular weight is 377 g/mol. The van der Waals surface area contributed by atoms with E-state index >= 15 is 0 Å². The zero-order valence-corrected chi connectivity index (χ0v) is 15.6. The molecule has 0 saturated heterocycles. The number of aryl methyl sites for hydroxylation is 1. The van der Waals surface area contributed by atoms with E-state index in [-0.39, 0.29) is 6.54 Å². The standard InChI is InChI=1S/C18H21ClN4O3/c1-12-10-14(11-21-22-18(25)17(24)20-8-9-26-3)13(2)23(12)16-6-4-15(19)5-7-16/h4-7,10-11H,8-9H2,1-3H3,(H,20,24)(H,22,25)/b21-11-. The summed E-state index contributed by atoms with van der Waals surface area (Å²) >= 11 is 5.94. The Labute approximate surface area is 157 Å². The summed E-state index contributed by atoms with van der Waals surface area (Å²) in [5.41, 5.74) is 5.98. The van der Waals surface area contributed by atoms with Crippen molar-refractivity contribution in [3.8, 4) is 5.69 Å². The molecule has 8 heteroatoms. The van der Waals surface area contributed by atoms with Gasteiger partial charge in [0.15, 0.2) is 0 Å². The van der Waals surface area contributed by atoms with Crippen LogP contribution < -0.4 is 10.7 Å². The second kappa shape index (κ2) is 9.17. The Morgan fingerprint density at radius 3 is 2.58 bits per heavy atom. The van der Waals surface area contributed by atoms with Gasteiger partial charge in [-0.25, -0.2) is 5.43 Å². The summed E-state index contributed by atoms with van der Waals surface area (Å²) in [6.45, 7) is 4.51. The molecule has 0 fully saturated rings. The number of nitrogens with zero attached hydrogens (tertiary/aromatic N) is 2. The van der Waals surface area contributed by atoms with Crippen LogP contribution in [0, 0.1) is 13.8 Å². The van der Waals surface area contributed by atoms with Crippen LogP contribution in [0.1, 0.15) is 17.0 Å². The minimum Gasteiger partial charge on any atom is -0.383 e. The molecule has 0 radical (unpaired) electrons. The number of carbonyl (C=O) groups excluding carboxylic acids is 2. The summed E-state index contributed by atoms with van der Waals surface area (Å²) in [4.78, 5) is 23.2. The minimum absolute atomic E-state index is 0.259. The first-order chi connectivity index (χ1) is 12.4. The zero-order chi connectivity index (χ0) is 19.1. The topological polar surface area (TPSA) is 84.7 Å². The smallest absolute Gasteiger partial charge is 0.329 e. The summed E-state index contributed by atoms with van der Waals surface area (Å²) in [5, 5.41) is 6.95. The number of hydrogen-bond acceptors (Lipinski definition) is 4. The number of nitrogens with one attached hydrogen (secondary N) is 2. The molecule has 26 heavy (non-hydrogen) atoms. The van der Waals surface area contributed by atoms with Gasteiger partial charge >= 0.3 is 11.8 Å². The highest BCUT2D eigenvalue weighted by Gasteiger charge is 2.12. The predicted octanol–water partition coefficient (Wildman–Crippen LogP) is 1.96. The molecule has 0 spiro atoms. The van der Waals surface area contributed by atoms with Crippen LogP contribution in [0.25, 0.3) is 5.69 Å². The lowest BCUT2D eigenvalue weighted by Crippen LogP contribution is -2.39.